The summed E-state index contributed by atoms with van der Waals surface area (Å²) in [4.78, 5) is 29.6. The molecule has 6 rings (SSSR count). The van der Waals surface area contributed by atoms with Crippen LogP contribution in [0.3, 0.4) is 0 Å². The van der Waals surface area contributed by atoms with E-state index in [1.807, 2.05) is 134 Å². The topological polar surface area (TPSA) is 64.7 Å². The number of fused-ring (bicyclic) bond motifs is 1. The van der Waals surface area contributed by atoms with E-state index in [1.165, 1.54) is 5.56 Å². The Labute approximate surface area is 269 Å². The fraction of sp³-hybridized carbons (Fsp3) is 0.100. The zero-order chi connectivity index (χ0) is 31.9. The first kappa shape index (κ1) is 30.2. The number of urea groups is 1. The van der Waals surface area contributed by atoms with Gasteiger partial charge in [0.1, 0.15) is 0 Å². The number of hydrogen-bond acceptors (Lipinski definition) is 3. The highest BCUT2D eigenvalue weighted by Gasteiger charge is 2.14. The standard InChI is InChI=1S/C40H36N4O2/c1-43(25-24-29-10-4-3-5-11-29)39(45)34-15-8-16-36(27-34)41-35-21-18-31(19-22-35)33-14-9-17-38(28-33)44(2)40(46)42-37-23-20-30-12-6-7-13-32(30)26-37/h3-23,26-28,41H,24-25H2,1-2H3,(H,42,46). The third-order valence-corrected chi connectivity index (χ3v) is 8.08. The Balaban J connectivity index is 1.08. The number of carbonyl (C=O) groups is 2. The molecule has 0 aliphatic rings. The molecule has 6 nitrogen and oxygen atoms in total. The van der Waals surface area contributed by atoms with Gasteiger partial charge in [-0.25, -0.2) is 4.79 Å². The molecule has 0 aliphatic heterocycles. The molecular formula is C40H36N4O2. The van der Waals surface area contributed by atoms with Gasteiger partial charge in [0, 0.05) is 49.0 Å². The minimum atomic E-state index is -0.213. The monoisotopic (exact) mass is 604 g/mol. The number of anilines is 4. The summed E-state index contributed by atoms with van der Waals surface area (Å²) in [6, 6.07) is 47.6. The molecule has 0 fully saturated rings. The Hall–Kier alpha value is -5.88. The molecule has 0 radical (unpaired) electrons. The average molecular weight is 605 g/mol. The zero-order valence-electron chi connectivity index (χ0n) is 26.0. The van der Waals surface area contributed by atoms with Crippen molar-refractivity contribution in [2.24, 2.45) is 0 Å². The van der Waals surface area contributed by atoms with Gasteiger partial charge in [-0.05, 0) is 88.5 Å². The molecule has 3 amide bonds. The molecule has 6 aromatic carbocycles. The minimum Gasteiger partial charge on any atom is -0.356 e. The van der Waals surface area contributed by atoms with Gasteiger partial charge in [0.05, 0.1) is 0 Å². The molecule has 0 saturated heterocycles. The van der Waals surface area contributed by atoms with Gasteiger partial charge in [0.15, 0.2) is 0 Å². The highest BCUT2D eigenvalue weighted by atomic mass is 16.2. The Bertz CT molecular complexity index is 1970. The molecule has 0 saturated carbocycles. The molecular weight excluding hydrogens is 568 g/mol. The van der Waals surface area contributed by atoms with Crippen LogP contribution in [0.25, 0.3) is 21.9 Å². The molecule has 0 aromatic heterocycles. The highest BCUT2D eigenvalue weighted by Crippen LogP contribution is 2.28. The second-order valence-corrected chi connectivity index (χ2v) is 11.3. The summed E-state index contributed by atoms with van der Waals surface area (Å²) >= 11 is 0. The molecule has 0 heterocycles. The molecule has 0 atom stereocenters. The quantitative estimate of drug-likeness (QED) is 0.173. The maximum Gasteiger partial charge on any atom is 0.326 e. The number of hydrogen-bond donors (Lipinski definition) is 2. The van der Waals surface area contributed by atoms with E-state index < -0.39 is 0 Å². The second-order valence-electron chi connectivity index (χ2n) is 11.3. The number of amides is 3. The van der Waals surface area contributed by atoms with Gasteiger partial charge < -0.3 is 15.5 Å². The average Bonchev–Trinajstić information content (AvgIpc) is 3.11. The smallest absolute Gasteiger partial charge is 0.326 e. The van der Waals surface area contributed by atoms with Crippen LogP contribution in [0.15, 0.2) is 146 Å². The van der Waals surface area contributed by atoms with Gasteiger partial charge in [-0.15, -0.1) is 0 Å². The van der Waals surface area contributed by atoms with Crippen LogP contribution in [-0.4, -0.2) is 37.5 Å². The molecule has 0 bridgehead atoms. The Kier molecular flexibility index (Phi) is 9.07. The third kappa shape index (κ3) is 7.25. The lowest BCUT2D eigenvalue weighted by Gasteiger charge is -2.19. The maximum absolute atomic E-state index is 13.1. The van der Waals surface area contributed by atoms with E-state index in [4.69, 9.17) is 0 Å². The molecule has 6 heteroatoms. The number of nitrogens with one attached hydrogen (secondary N) is 2. The summed E-state index contributed by atoms with van der Waals surface area (Å²) in [6.07, 6.45) is 0.811. The minimum absolute atomic E-state index is 0.00859. The summed E-state index contributed by atoms with van der Waals surface area (Å²) in [5.74, 6) is -0.00859. The number of likely N-dealkylation sites (N-methyl/N-ethyl adjacent to an activating group) is 1. The van der Waals surface area contributed by atoms with Crippen LogP contribution in [0, 0.1) is 0 Å². The first-order valence-electron chi connectivity index (χ1n) is 15.3. The lowest BCUT2D eigenvalue weighted by Crippen LogP contribution is -2.31. The van der Waals surface area contributed by atoms with Crippen LogP contribution in [-0.2, 0) is 6.42 Å². The van der Waals surface area contributed by atoms with Gasteiger partial charge >= 0.3 is 6.03 Å². The van der Waals surface area contributed by atoms with Crippen LogP contribution in [0.1, 0.15) is 15.9 Å². The van der Waals surface area contributed by atoms with Crippen LogP contribution in [0.4, 0.5) is 27.5 Å². The van der Waals surface area contributed by atoms with Crippen molar-refractivity contribution >= 4 is 45.5 Å². The first-order chi connectivity index (χ1) is 22.4. The maximum atomic E-state index is 13.1. The van der Waals surface area contributed by atoms with E-state index in [2.05, 4.69) is 28.8 Å². The summed E-state index contributed by atoms with van der Waals surface area (Å²) in [5, 5.41) is 8.63. The molecule has 228 valence electrons. The molecule has 2 N–H and O–H groups in total. The number of benzene rings is 6. The van der Waals surface area contributed by atoms with Crippen molar-refractivity contribution in [2.75, 3.05) is 36.2 Å². The molecule has 0 aliphatic carbocycles. The van der Waals surface area contributed by atoms with Gasteiger partial charge in [-0.3, -0.25) is 9.69 Å². The number of rotatable bonds is 9. The van der Waals surface area contributed by atoms with Crippen molar-refractivity contribution < 1.29 is 9.59 Å². The van der Waals surface area contributed by atoms with Crippen molar-refractivity contribution in [3.63, 3.8) is 0 Å². The number of nitrogens with zero attached hydrogens (tertiary/aromatic N) is 2. The second kappa shape index (κ2) is 13.8. The van der Waals surface area contributed by atoms with Crippen LogP contribution in [0.5, 0.6) is 0 Å². The molecule has 0 unspecified atom stereocenters. The Morgan fingerprint density at radius 1 is 0.587 bits per heavy atom. The third-order valence-electron chi connectivity index (χ3n) is 8.08. The highest BCUT2D eigenvalue weighted by molar-refractivity contribution is 6.03. The van der Waals surface area contributed by atoms with Gasteiger partial charge in [0.2, 0.25) is 0 Å². The predicted molar refractivity (Wildman–Crippen MR) is 190 cm³/mol. The lowest BCUT2D eigenvalue weighted by molar-refractivity contribution is 0.0796. The SMILES string of the molecule is CN(CCc1ccccc1)C(=O)c1cccc(Nc2ccc(-c3cccc(N(C)C(=O)Nc4ccc5ccccc5c4)c3)cc2)c1. The molecule has 6 aromatic rings. The fourth-order valence-electron chi connectivity index (χ4n) is 5.39. The van der Waals surface area contributed by atoms with E-state index >= 15 is 0 Å². The van der Waals surface area contributed by atoms with Crippen LogP contribution >= 0.6 is 0 Å². The van der Waals surface area contributed by atoms with Crippen molar-refractivity contribution in [3.05, 3.63) is 157 Å². The number of carbonyl (C=O) groups excluding carboxylic acids is 2. The Morgan fingerprint density at radius 2 is 1.30 bits per heavy atom. The van der Waals surface area contributed by atoms with Gasteiger partial charge in [-0.1, -0.05) is 91.0 Å². The van der Waals surface area contributed by atoms with Crippen LogP contribution in [0.2, 0.25) is 0 Å². The van der Waals surface area contributed by atoms with Crippen molar-refractivity contribution in [1.82, 2.24) is 4.90 Å². The molecule has 0 spiro atoms. The summed E-state index contributed by atoms with van der Waals surface area (Å²) in [7, 11) is 3.61. The van der Waals surface area contributed by atoms with E-state index in [1.54, 1.807) is 16.8 Å². The predicted octanol–water partition coefficient (Wildman–Crippen LogP) is 9.23. The largest absolute Gasteiger partial charge is 0.356 e. The summed E-state index contributed by atoms with van der Waals surface area (Å²) < 4.78 is 0. The van der Waals surface area contributed by atoms with Crippen LogP contribution < -0.4 is 15.5 Å². The van der Waals surface area contributed by atoms with Gasteiger partial charge in [-0.2, -0.15) is 0 Å². The van der Waals surface area contributed by atoms with Gasteiger partial charge in [0.25, 0.3) is 5.91 Å². The Morgan fingerprint density at radius 3 is 2.11 bits per heavy atom. The normalized spacial score (nSPS) is 10.7. The van der Waals surface area contributed by atoms with E-state index in [-0.39, 0.29) is 11.9 Å². The van der Waals surface area contributed by atoms with Crippen molar-refractivity contribution in [3.8, 4) is 11.1 Å². The van der Waals surface area contributed by atoms with E-state index in [0.717, 1.165) is 51.1 Å². The summed E-state index contributed by atoms with van der Waals surface area (Å²) in [5.41, 5.74) is 7.17. The fourth-order valence-corrected chi connectivity index (χ4v) is 5.39. The van der Waals surface area contributed by atoms with E-state index in [9.17, 15) is 9.59 Å². The molecule has 46 heavy (non-hydrogen) atoms. The zero-order valence-corrected chi connectivity index (χ0v) is 26.0. The van der Waals surface area contributed by atoms with Crippen molar-refractivity contribution in [1.29, 1.82) is 0 Å². The van der Waals surface area contributed by atoms with Crippen molar-refractivity contribution in [2.45, 2.75) is 6.42 Å². The first-order valence-corrected chi connectivity index (χ1v) is 15.3. The summed E-state index contributed by atoms with van der Waals surface area (Å²) in [6.45, 7) is 0.647. The van der Waals surface area contributed by atoms with E-state index in [0.29, 0.717) is 12.1 Å². The lowest BCUT2D eigenvalue weighted by atomic mass is 10.0.